The second kappa shape index (κ2) is 5.41. The Morgan fingerprint density at radius 3 is 2.39 bits per heavy atom. The van der Waals surface area contributed by atoms with Crippen molar-refractivity contribution in [2.24, 2.45) is 0 Å². The molecule has 1 heterocycles. The van der Waals surface area contributed by atoms with E-state index < -0.39 is 33.7 Å². The maximum absolute atomic E-state index is 12.5. The van der Waals surface area contributed by atoms with Crippen LogP contribution in [0.5, 0.6) is 0 Å². The Morgan fingerprint density at radius 1 is 1.26 bits per heavy atom. The minimum absolute atomic E-state index is 0.158. The standard InChI is InChI=1S/C12H5F3N4O4/c13-12(14,15)9-4-10(20)18(11(21)17-9)7-2-1-6(5-16)8(3-7)19(22)23/h1-4H,(H,17,21). The molecule has 0 saturated carbocycles. The monoisotopic (exact) mass is 326 g/mol. The average Bonchev–Trinajstić information content (AvgIpc) is 2.45. The highest BCUT2D eigenvalue weighted by Crippen LogP contribution is 2.26. The Kier molecular flexibility index (Phi) is 3.75. The van der Waals surface area contributed by atoms with Crippen molar-refractivity contribution in [3.8, 4) is 11.8 Å². The summed E-state index contributed by atoms with van der Waals surface area (Å²) in [7, 11) is 0. The quantitative estimate of drug-likeness (QED) is 0.659. The molecule has 2 rings (SSSR count). The van der Waals surface area contributed by atoms with E-state index in [1.54, 1.807) is 6.07 Å². The van der Waals surface area contributed by atoms with Crippen molar-refractivity contribution in [3.63, 3.8) is 0 Å². The summed E-state index contributed by atoms with van der Waals surface area (Å²) >= 11 is 0. The van der Waals surface area contributed by atoms with E-state index in [-0.39, 0.29) is 17.3 Å². The Labute approximate surface area is 124 Å². The molecule has 0 unspecified atom stereocenters. The lowest BCUT2D eigenvalue weighted by atomic mass is 10.2. The normalized spacial score (nSPS) is 11.0. The highest BCUT2D eigenvalue weighted by molar-refractivity contribution is 5.54. The lowest BCUT2D eigenvalue weighted by Gasteiger charge is -2.09. The van der Waals surface area contributed by atoms with Crippen molar-refractivity contribution in [2.75, 3.05) is 0 Å². The van der Waals surface area contributed by atoms with Crippen LogP contribution in [0.2, 0.25) is 0 Å². The van der Waals surface area contributed by atoms with Gasteiger partial charge in [0.15, 0.2) is 0 Å². The Balaban J connectivity index is 2.72. The van der Waals surface area contributed by atoms with Gasteiger partial charge in [-0.1, -0.05) is 0 Å². The number of nitro groups is 1. The number of hydrogen-bond acceptors (Lipinski definition) is 5. The molecule has 0 bridgehead atoms. The molecule has 8 nitrogen and oxygen atoms in total. The zero-order valence-corrected chi connectivity index (χ0v) is 10.9. The molecule has 0 radical (unpaired) electrons. The van der Waals surface area contributed by atoms with Gasteiger partial charge in [0.05, 0.1) is 10.6 Å². The van der Waals surface area contributed by atoms with Gasteiger partial charge in [-0.3, -0.25) is 14.9 Å². The van der Waals surface area contributed by atoms with Gasteiger partial charge < -0.3 is 4.98 Å². The molecule has 0 amide bonds. The maximum atomic E-state index is 12.5. The van der Waals surface area contributed by atoms with Crippen LogP contribution in [0, 0.1) is 21.4 Å². The molecule has 0 atom stereocenters. The van der Waals surface area contributed by atoms with Crippen LogP contribution in [0.4, 0.5) is 18.9 Å². The highest BCUT2D eigenvalue weighted by atomic mass is 19.4. The van der Waals surface area contributed by atoms with Crippen LogP contribution >= 0.6 is 0 Å². The van der Waals surface area contributed by atoms with Gasteiger partial charge in [0, 0.05) is 12.1 Å². The van der Waals surface area contributed by atoms with Gasteiger partial charge in [-0.25, -0.2) is 9.36 Å². The number of rotatable bonds is 2. The number of nitrogens with one attached hydrogen (secondary N) is 1. The molecular weight excluding hydrogens is 321 g/mol. The van der Waals surface area contributed by atoms with E-state index in [9.17, 15) is 32.9 Å². The summed E-state index contributed by atoms with van der Waals surface area (Å²) in [6.45, 7) is 0. The van der Waals surface area contributed by atoms with Gasteiger partial charge in [0.1, 0.15) is 17.3 Å². The van der Waals surface area contributed by atoms with Gasteiger partial charge in [-0.05, 0) is 12.1 Å². The molecule has 118 valence electrons. The fourth-order valence-corrected chi connectivity index (χ4v) is 1.80. The molecule has 0 saturated heterocycles. The zero-order chi connectivity index (χ0) is 17.4. The fraction of sp³-hybridized carbons (Fsp3) is 0.0833. The van der Waals surface area contributed by atoms with Crippen molar-refractivity contribution in [2.45, 2.75) is 6.18 Å². The average molecular weight is 326 g/mol. The van der Waals surface area contributed by atoms with Crippen LogP contribution in [-0.2, 0) is 6.18 Å². The Hall–Kier alpha value is -3.42. The summed E-state index contributed by atoms with van der Waals surface area (Å²) in [6.07, 6.45) is -4.92. The molecule has 1 N–H and O–H groups in total. The summed E-state index contributed by atoms with van der Waals surface area (Å²) in [4.78, 5) is 34.9. The van der Waals surface area contributed by atoms with Gasteiger partial charge in [-0.2, -0.15) is 18.4 Å². The third-order valence-corrected chi connectivity index (χ3v) is 2.79. The number of aromatic amines is 1. The first-order chi connectivity index (χ1) is 10.6. The topological polar surface area (TPSA) is 122 Å². The second-order valence-electron chi connectivity index (χ2n) is 4.23. The number of hydrogen-bond donors (Lipinski definition) is 1. The zero-order valence-electron chi connectivity index (χ0n) is 10.9. The third kappa shape index (κ3) is 2.95. The van der Waals surface area contributed by atoms with E-state index in [2.05, 4.69) is 0 Å². The number of benzene rings is 1. The summed E-state index contributed by atoms with van der Waals surface area (Å²) in [5.74, 6) is 0. The minimum atomic E-state index is -4.92. The molecule has 0 aliphatic heterocycles. The summed E-state index contributed by atoms with van der Waals surface area (Å²) in [5.41, 5.74) is -5.61. The van der Waals surface area contributed by atoms with Crippen LogP contribution in [0.25, 0.3) is 5.69 Å². The number of halogens is 3. The molecule has 23 heavy (non-hydrogen) atoms. The van der Waals surface area contributed by atoms with E-state index in [1.165, 1.54) is 4.98 Å². The first-order valence-electron chi connectivity index (χ1n) is 5.77. The predicted molar refractivity (Wildman–Crippen MR) is 69.0 cm³/mol. The number of nitriles is 1. The first kappa shape index (κ1) is 16.0. The van der Waals surface area contributed by atoms with Crippen LogP contribution in [0.15, 0.2) is 33.9 Å². The molecular formula is C12H5F3N4O4. The van der Waals surface area contributed by atoms with E-state index in [4.69, 9.17) is 5.26 Å². The number of alkyl halides is 3. The van der Waals surface area contributed by atoms with Gasteiger partial charge in [0.2, 0.25) is 0 Å². The highest BCUT2D eigenvalue weighted by Gasteiger charge is 2.33. The van der Waals surface area contributed by atoms with E-state index in [0.717, 1.165) is 18.2 Å². The molecule has 1 aromatic carbocycles. The Bertz CT molecular complexity index is 921. The second-order valence-corrected chi connectivity index (χ2v) is 4.23. The summed E-state index contributed by atoms with van der Waals surface area (Å²) in [6, 6.07) is 4.48. The number of H-pyrrole nitrogens is 1. The van der Waals surface area contributed by atoms with Crippen LogP contribution in [-0.4, -0.2) is 14.5 Å². The van der Waals surface area contributed by atoms with E-state index >= 15 is 0 Å². The molecule has 0 aliphatic carbocycles. The SMILES string of the molecule is N#Cc1ccc(-n2c(=O)cc(C(F)(F)F)[nH]c2=O)cc1[N+](=O)[O-]. The van der Waals surface area contributed by atoms with Crippen molar-refractivity contribution < 1.29 is 18.1 Å². The van der Waals surface area contributed by atoms with Gasteiger partial charge in [-0.15, -0.1) is 0 Å². The number of nitrogens with zero attached hydrogens (tertiary/aromatic N) is 3. The number of nitro benzene ring substituents is 1. The Morgan fingerprint density at radius 2 is 1.91 bits per heavy atom. The predicted octanol–water partition coefficient (Wildman–Crippen LogP) is 1.32. The van der Waals surface area contributed by atoms with Gasteiger partial charge in [0.25, 0.3) is 11.2 Å². The van der Waals surface area contributed by atoms with Crippen LogP contribution in [0.1, 0.15) is 11.3 Å². The maximum Gasteiger partial charge on any atom is 0.431 e. The lowest BCUT2D eigenvalue weighted by Crippen LogP contribution is -2.35. The molecule has 1 aromatic heterocycles. The van der Waals surface area contributed by atoms with E-state index in [1.807, 2.05) is 0 Å². The molecule has 2 aromatic rings. The van der Waals surface area contributed by atoms with Gasteiger partial charge >= 0.3 is 11.9 Å². The number of aromatic nitrogens is 2. The minimum Gasteiger partial charge on any atom is -0.303 e. The smallest absolute Gasteiger partial charge is 0.303 e. The largest absolute Gasteiger partial charge is 0.431 e. The summed E-state index contributed by atoms with van der Waals surface area (Å²) in [5, 5.41) is 19.6. The molecule has 0 fully saturated rings. The summed E-state index contributed by atoms with van der Waals surface area (Å²) < 4.78 is 37.8. The molecule has 0 spiro atoms. The first-order valence-corrected chi connectivity index (χ1v) is 5.77. The van der Waals surface area contributed by atoms with Crippen molar-refractivity contribution >= 4 is 5.69 Å². The van der Waals surface area contributed by atoms with Crippen LogP contribution < -0.4 is 11.2 Å². The third-order valence-electron chi connectivity index (χ3n) is 2.79. The van der Waals surface area contributed by atoms with Crippen molar-refractivity contribution in [3.05, 3.63) is 66.5 Å². The van der Waals surface area contributed by atoms with E-state index in [0.29, 0.717) is 4.57 Å². The van der Waals surface area contributed by atoms with Crippen molar-refractivity contribution in [1.82, 2.24) is 9.55 Å². The van der Waals surface area contributed by atoms with Crippen LogP contribution in [0.3, 0.4) is 0 Å². The van der Waals surface area contributed by atoms with Crippen molar-refractivity contribution in [1.29, 1.82) is 5.26 Å². The molecule has 11 heteroatoms. The lowest BCUT2D eigenvalue weighted by molar-refractivity contribution is -0.385. The molecule has 0 aliphatic rings. The fourth-order valence-electron chi connectivity index (χ4n) is 1.80.